The van der Waals surface area contributed by atoms with Gasteiger partial charge in [-0.3, -0.25) is 9.69 Å². The number of aromatic amines is 1. The van der Waals surface area contributed by atoms with E-state index in [9.17, 15) is 4.79 Å². The Bertz CT molecular complexity index is 1060. The van der Waals surface area contributed by atoms with Crippen molar-refractivity contribution in [3.63, 3.8) is 0 Å². The van der Waals surface area contributed by atoms with Gasteiger partial charge in [-0.1, -0.05) is 18.2 Å². The highest BCUT2D eigenvalue weighted by Gasteiger charge is 2.38. The summed E-state index contributed by atoms with van der Waals surface area (Å²) in [5.74, 6) is 1.65. The van der Waals surface area contributed by atoms with Crippen LogP contribution in [0.5, 0.6) is 11.5 Å². The van der Waals surface area contributed by atoms with Crippen molar-refractivity contribution in [2.75, 3.05) is 40.0 Å². The molecule has 3 heterocycles. The van der Waals surface area contributed by atoms with E-state index in [0.717, 1.165) is 53.9 Å². The average Bonchev–Trinajstić information content (AvgIpc) is 3.28. The van der Waals surface area contributed by atoms with Gasteiger partial charge in [0.1, 0.15) is 29.9 Å². The molecule has 0 saturated carbocycles. The number of H-pyrrole nitrogens is 1. The summed E-state index contributed by atoms with van der Waals surface area (Å²) in [6, 6.07) is 15.9. The van der Waals surface area contributed by atoms with Gasteiger partial charge in [-0.25, -0.2) is 0 Å². The molecule has 32 heavy (non-hydrogen) atoms. The zero-order chi connectivity index (χ0) is 21.9. The van der Waals surface area contributed by atoms with Crippen LogP contribution in [0, 0.1) is 0 Å². The van der Waals surface area contributed by atoms with Crippen LogP contribution < -0.4 is 14.8 Å². The number of benzene rings is 2. The summed E-state index contributed by atoms with van der Waals surface area (Å²) in [7, 11) is 1.67. The van der Waals surface area contributed by atoms with E-state index in [1.54, 1.807) is 7.11 Å². The maximum absolute atomic E-state index is 12.4. The molecule has 0 aliphatic carbocycles. The standard InChI is InChI=1S/C25H29N3O4/c1-30-18-8-9-23-19(15-18)24-22(16-32-23)28(12-13-31-24)11-5-4-10-26-25(29)21-14-17-6-2-3-7-20(17)27-21/h2-3,6-9,14-15,22,24,27H,4-5,10-13,16H2,1H3,(H,26,29)/t22-,24-/m1/s1. The smallest absolute Gasteiger partial charge is 0.267 e. The minimum atomic E-state index is -0.0566. The molecule has 1 saturated heterocycles. The molecule has 3 aromatic rings. The van der Waals surface area contributed by atoms with Crippen molar-refractivity contribution >= 4 is 16.8 Å². The Morgan fingerprint density at radius 3 is 3.00 bits per heavy atom. The highest BCUT2D eigenvalue weighted by Crippen LogP contribution is 2.40. The number of unbranched alkanes of at least 4 members (excludes halogenated alkanes) is 1. The third-order valence-electron chi connectivity index (χ3n) is 6.36. The van der Waals surface area contributed by atoms with E-state index in [2.05, 4.69) is 15.2 Å². The summed E-state index contributed by atoms with van der Waals surface area (Å²) in [5, 5.41) is 4.08. The normalized spacial score (nSPS) is 20.3. The number of fused-ring (bicyclic) bond motifs is 4. The predicted octanol–water partition coefficient (Wildman–Crippen LogP) is 3.52. The van der Waals surface area contributed by atoms with Gasteiger partial charge in [0, 0.05) is 29.6 Å². The van der Waals surface area contributed by atoms with Crippen LogP contribution >= 0.6 is 0 Å². The van der Waals surface area contributed by atoms with Crippen molar-refractivity contribution in [3.8, 4) is 11.5 Å². The first-order chi connectivity index (χ1) is 15.7. The first kappa shape index (κ1) is 20.8. The summed E-state index contributed by atoms with van der Waals surface area (Å²) >= 11 is 0. The number of amides is 1. The van der Waals surface area contributed by atoms with Gasteiger partial charge >= 0.3 is 0 Å². The number of para-hydroxylation sites is 1. The number of nitrogens with one attached hydrogen (secondary N) is 2. The average molecular weight is 436 g/mol. The monoisotopic (exact) mass is 435 g/mol. The highest BCUT2D eigenvalue weighted by molar-refractivity contribution is 5.97. The maximum Gasteiger partial charge on any atom is 0.267 e. The topological polar surface area (TPSA) is 75.8 Å². The van der Waals surface area contributed by atoms with Crippen LogP contribution in [0.3, 0.4) is 0 Å². The van der Waals surface area contributed by atoms with E-state index in [-0.39, 0.29) is 18.1 Å². The van der Waals surface area contributed by atoms with Gasteiger partial charge in [-0.2, -0.15) is 0 Å². The van der Waals surface area contributed by atoms with Gasteiger partial charge < -0.3 is 24.5 Å². The molecular weight excluding hydrogens is 406 g/mol. The number of carbonyl (C=O) groups excluding carboxylic acids is 1. The van der Waals surface area contributed by atoms with Crippen LogP contribution in [0.1, 0.15) is 35.0 Å². The zero-order valence-corrected chi connectivity index (χ0v) is 18.3. The van der Waals surface area contributed by atoms with E-state index in [1.807, 2.05) is 48.5 Å². The second-order valence-electron chi connectivity index (χ2n) is 8.34. The molecule has 2 N–H and O–H groups in total. The molecule has 1 fully saturated rings. The van der Waals surface area contributed by atoms with Crippen molar-refractivity contribution in [3.05, 3.63) is 59.8 Å². The summed E-state index contributed by atoms with van der Waals surface area (Å²) in [6.07, 6.45) is 1.93. The van der Waals surface area contributed by atoms with E-state index in [4.69, 9.17) is 14.2 Å². The summed E-state index contributed by atoms with van der Waals surface area (Å²) in [5.41, 5.74) is 2.65. The minimum Gasteiger partial charge on any atom is -0.497 e. The van der Waals surface area contributed by atoms with E-state index in [1.165, 1.54) is 0 Å². The lowest BCUT2D eigenvalue weighted by atomic mass is 9.96. The number of aromatic nitrogens is 1. The van der Waals surface area contributed by atoms with Crippen LogP contribution in [0.25, 0.3) is 10.9 Å². The number of carbonyl (C=O) groups is 1. The largest absolute Gasteiger partial charge is 0.497 e. The molecule has 1 aromatic heterocycles. The van der Waals surface area contributed by atoms with Crippen LogP contribution in [-0.4, -0.2) is 61.8 Å². The summed E-state index contributed by atoms with van der Waals surface area (Å²) in [6.45, 7) is 3.83. The third-order valence-corrected chi connectivity index (χ3v) is 6.36. The molecule has 0 spiro atoms. The lowest BCUT2D eigenvalue weighted by Gasteiger charge is -2.44. The molecule has 0 unspecified atom stereocenters. The van der Waals surface area contributed by atoms with Crippen LogP contribution in [0.4, 0.5) is 0 Å². The van der Waals surface area contributed by atoms with Crippen molar-refractivity contribution < 1.29 is 19.0 Å². The summed E-state index contributed by atoms with van der Waals surface area (Å²) < 4.78 is 17.5. The molecule has 2 aromatic carbocycles. The van der Waals surface area contributed by atoms with Crippen molar-refractivity contribution in [1.82, 2.24) is 15.2 Å². The highest BCUT2D eigenvalue weighted by atomic mass is 16.5. The minimum absolute atomic E-state index is 0.00399. The zero-order valence-electron chi connectivity index (χ0n) is 18.3. The SMILES string of the molecule is COc1ccc2c(c1)[C@H]1OCCN(CCCCNC(=O)c3cc4ccccc4[nH]3)[C@@H]1CO2. The predicted molar refractivity (Wildman–Crippen MR) is 122 cm³/mol. The fraction of sp³-hybridized carbons (Fsp3) is 0.400. The lowest BCUT2D eigenvalue weighted by molar-refractivity contribution is -0.0960. The molecule has 5 rings (SSSR count). The molecule has 7 nitrogen and oxygen atoms in total. The molecule has 2 aliphatic heterocycles. The molecule has 168 valence electrons. The molecule has 0 bridgehead atoms. The first-order valence-electron chi connectivity index (χ1n) is 11.3. The fourth-order valence-electron chi connectivity index (χ4n) is 4.65. The number of nitrogens with zero attached hydrogens (tertiary/aromatic N) is 1. The Hall–Kier alpha value is -3.03. The Kier molecular flexibility index (Phi) is 6.01. The van der Waals surface area contributed by atoms with E-state index < -0.39 is 0 Å². The number of morpholine rings is 1. The molecule has 2 atom stereocenters. The fourth-order valence-corrected chi connectivity index (χ4v) is 4.65. The van der Waals surface area contributed by atoms with E-state index in [0.29, 0.717) is 25.5 Å². The van der Waals surface area contributed by atoms with Crippen LogP contribution in [-0.2, 0) is 4.74 Å². The van der Waals surface area contributed by atoms with Gasteiger partial charge in [0.2, 0.25) is 0 Å². The first-order valence-corrected chi connectivity index (χ1v) is 11.3. The Morgan fingerprint density at radius 1 is 1.22 bits per heavy atom. The second-order valence-corrected chi connectivity index (χ2v) is 8.34. The lowest BCUT2D eigenvalue weighted by Crippen LogP contribution is -2.52. The Labute approximate surface area is 187 Å². The van der Waals surface area contributed by atoms with E-state index >= 15 is 0 Å². The quantitative estimate of drug-likeness (QED) is 0.556. The molecule has 1 amide bonds. The number of hydrogen-bond donors (Lipinski definition) is 2. The summed E-state index contributed by atoms with van der Waals surface area (Å²) in [4.78, 5) is 18.1. The molecule has 0 radical (unpaired) electrons. The van der Waals surface area contributed by atoms with Gasteiger partial charge in [-0.15, -0.1) is 0 Å². The Morgan fingerprint density at radius 2 is 2.12 bits per heavy atom. The van der Waals surface area contributed by atoms with Gasteiger partial charge in [0.15, 0.2) is 0 Å². The Balaban J connectivity index is 1.11. The van der Waals surface area contributed by atoms with Gasteiger partial charge in [0.25, 0.3) is 5.91 Å². The van der Waals surface area contributed by atoms with Gasteiger partial charge in [-0.05, 0) is 49.7 Å². The van der Waals surface area contributed by atoms with Crippen molar-refractivity contribution in [2.45, 2.75) is 25.0 Å². The third kappa shape index (κ3) is 4.18. The van der Waals surface area contributed by atoms with Crippen LogP contribution in [0.15, 0.2) is 48.5 Å². The molecule has 7 heteroatoms. The van der Waals surface area contributed by atoms with Crippen molar-refractivity contribution in [1.29, 1.82) is 0 Å². The second kappa shape index (κ2) is 9.22. The molecular formula is C25H29N3O4. The number of methoxy groups -OCH3 is 1. The number of hydrogen-bond acceptors (Lipinski definition) is 5. The van der Waals surface area contributed by atoms with Gasteiger partial charge in [0.05, 0.1) is 19.8 Å². The maximum atomic E-state index is 12.4. The van der Waals surface area contributed by atoms with Crippen molar-refractivity contribution in [2.24, 2.45) is 0 Å². The van der Waals surface area contributed by atoms with Crippen LogP contribution in [0.2, 0.25) is 0 Å². The number of rotatable bonds is 7. The molecule has 2 aliphatic rings. The number of ether oxygens (including phenoxy) is 3.